The van der Waals surface area contributed by atoms with E-state index in [1.54, 1.807) is 43.3 Å². The van der Waals surface area contributed by atoms with Crippen LogP contribution in [0.25, 0.3) is 0 Å². The Kier molecular flexibility index (Phi) is 7.71. The second-order valence-electron chi connectivity index (χ2n) is 5.64. The molecule has 8 nitrogen and oxygen atoms in total. The van der Waals surface area contributed by atoms with Gasteiger partial charge in [-0.05, 0) is 30.7 Å². The number of carbonyl (C=O) groups is 4. The summed E-state index contributed by atoms with van der Waals surface area (Å²) in [5, 5.41) is 4.62. The van der Waals surface area contributed by atoms with Crippen molar-refractivity contribution in [1.82, 2.24) is 5.32 Å². The molecule has 0 aliphatic rings. The fourth-order valence-electron chi connectivity index (χ4n) is 2.24. The van der Waals surface area contributed by atoms with Crippen molar-refractivity contribution in [3.63, 3.8) is 0 Å². The van der Waals surface area contributed by atoms with Gasteiger partial charge in [-0.2, -0.15) is 0 Å². The second kappa shape index (κ2) is 10.5. The first-order valence-electron chi connectivity index (χ1n) is 8.55. The standard InChI is InChI=1S/C20H20N2O6/c1-2-27-20(26)21-16-10-6-9-15(12-16)19(25)28-13-18(24)22-17(23)11-14-7-4-3-5-8-14/h3-10,12H,2,11,13H2,1H3,(H,21,26)(H,22,23,24). The summed E-state index contributed by atoms with van der Waals surface area (Å²) in [4.78, 5) is 47.1. The van der Waals surface area contributed by atoms with E-state index in [-0.39, 0.29) is 18.6 Å². The van der Waals surface area contributed by atoms with Gasteiger partial charge in [0.25, 0.3) is 5.91 Å². The van der Waals surface area contributed by atoms with E-state index in [9.17, 15) is 19.2 Å². The van der Waals surface area contributed by atoms with Crippen molar-refractivity contribution in [3.8, 4) is 0 Å². The van der Waals surface area contributed by atoms with Gasteiger partial charge < -0.3 is 9.47 Å². The topological polar surface area (TPSA) is 111 Å². The molecule has 28 heavy (non-hydrogen) atoms. The molecule has 2 N–H and O–H groups in total. The van der Waals surface area contributed by atoms with Crippen molar-refractivity contribution >= 4 is 29.6 Å². The number of benzene rings is 2. The molecule has 0 aliphatic carbocycles. The quantitative estimate of drug-likeness (QED) is 0.709. The van der Waals surface area contributed by atoms with Gasteiger partial charge >= 0.3 is 12.1 Å². The molecule has 0 heterocycles. The summed E-state index contributed by atoms with van der Waals surface area (Å²) in [6.07, 6.45) is -0.605. The van der Waals surface area contributed by atoms with Gasteiger partial charge in [-0.25, -0.2) is 9.59 Å². The van der Waals surface area contributed by atoms with Crippen molar-refractivity contribution in [3.05, 3.63) is 65.7 Å². The van der Waals surface area contributed by atoms with Gasteiger partial charge in [0.05, 0.1) is 18.6 Å². The number of amides is 3. The number of esters is 1. The Morgan fingerprint density at radius 3 is 2.36 bits per heavy atom. The van der Waals surface area contributed by atoms with Crippen LogP contribution in [-0.4, -0.2) is 37.1 Å². The Morgan fingerprint density at radius 2 is 1.64 bits per heavy atom. The highest BCUT2D eigenvalue weighted by atomic mass is 16.5. The minimum atomic E-state index is -0.766. The van der Waals surface area contributed by atoms with E-state index in [4.69, 9.17) is 9.47 Å². The van der Waals surface area contributed by atoms with Gasteiger partial charge in [-0.15, -0.1) is 0 Å². The highest BCUT2D eigenvalue weighted by Gasteiger charge is 2.14. The molecule has 0 fully saturated rings. The Bertz CT molecular complexity index is 851. The van der Waals surface area contributed by atoms with Crippen LogP contribution in [0.5, 0.6) is 0 Å². The summed E-state index contributed by atoms with van der Waals surface area (Å²) in [7, 11) is 0. The van der Waals surface area contributed by atoms with Crippen LogP contribution < -0.4 is 10.6 Å². The predicted octanol–water partition coefficient (Wildman–Crippen LogP) is 2.30. The molecule has 0 spiro atoms. The molecule has 0 aliphatic heterocycles. The van der Waals surface area contributed by atoms with Crippen molar-refractivity contribution in [2.75, 3.05) is 18.5 Å². The molecule has 0 saturated carbocycles. The molecular weight excluding hydrogens is 364 g/mol. The van der Waals surface area contributed by atoms with Gasteiger partial charge in [0.1, 0.15) is 0 Å². The first-order valence-corrected chi connectivity index (χ1v) is 8.55. The van der Waals surface area contributed by atoms with Crippen molar-refractivity contribution in [2.45, 2.75) is 13.3 Å². The molecule has 0 bridgehead atoms. The van der Waals surface area contributed by atoms with E-state index in [0.29, 0.717) is 5.69 Å². The maximum Gasteiger partial charge on any atom is 0.411 e. The van der Waals surface area contributed by atoms with Crippen LogP contribution in [0.2, 0.25) is 0 Å². The zero-order chi connectivity index (χ0) is 20.4. The maximum absolute atomic E-state index is 12.1. The predicted molar refractivity (Wildman–Crippen MR) is 101 cm³/mol. The van der Waals surface area contributed by atoms with Gasteiger partial charge in [-0.1, -0.05) is 36.4 Å². The van der Waals surface area contributed by atoms with Crippen molar-refractivity contribution < 1.29 is 28.7 Å². The zero-order valence-electron chi connectivity index (χ0n) is 15.3. The molecule has 0 aromatic heterocycles. The average molecular weight is 384 g/mol. The van der Waals surface area contributed by atoms with E-state index < -0.39 is 30.5 Å². The van der Waals surface area contributed by atoms with Crippen LogP contribution in [0.1, 0.15) is 22.8 Å². The van der Waals surface area contributed by atoms with E-state index in [1.165, 1.54) is 12.1 Å². The lowest BCUT2D eigenvalue weighted by Gasteiger charge is -2.08. The molecule has 0 saturated heterocycles. The lowest BCUT2D eigenvalue weighted by Crippen LogP contribution is -2.35. The van der Waals surface area contributed by atoms with E-state index >= 15 is 0 Å². The van der Waals surface area contributed by atoms with Gasteiger partial charge in [0, 0.05) is 5.69 Å². The molecule has 3 amide bonds. The Hall–Kier alpha value is -3.68. The van der Waals surface area contributed by atoms with Crippen LogP contribution in [-0.2, 0) is 25.5 Å². The Morgan fingerprint density at radius 1 is 0.893 bits per heavy atom. The number of rotatable bonds is 7. The highest BCUT2D eigenvalue weighted by molar-refractivity contribution is 5.98. The average Bonchev–Trinajstić information content (AvgIpc) is 2.67. The third kappa shape index (κ3) is 6.91. The van der Waals surface area contributed by atoms with Crippen molar-refractivity contribution in [1.29, 1.82) is 0 Å². The minimum absolute atomic E-state index is 0.0438. The summed E-state index contributed by atoms with van der Waals surface area (Å²) in [5.41, 5.74) is 1.24. The highest BCUT2D eigenvalue weighted by Crippen LogP contribution is 2.12. The fourth-order valence-corrected chi connectivity index (χ4v) is 2.24. The third-order valence-electron chi connectivity index (χ3n) is 3.44. The van der Waals surface area contributed by atoms with Crippen molar-refractivity contribution in [2.24, 2.45) is 0 Å². The summed E-state index contributed by atoms with van der Waals surface area (Å²) in [5.74, 6) is -1.99. The second-order valence-corrected chi connectivity index (χ2v) is 5.64. The Labute approximate surface area is 161 Å². The first kappa shape index (κ1) is 20.6. The molecule has 146 valence electrons. The van der Waals surface area contributed by atoms with E-state index in [2.05, 4.69) is 10.6 Å². The maximum atomic E-state index is 12.1. The molecule has 2 rings (SSSR count). The molecule has 0 unspecified atom stereocenters. The molecule has 0 atom stereocenters. The zero-order valence-corrected chi connectivity index (χ0v) is 15.3. The summed E-state index contributed by atoms with van der Waals surface area (Å²) >= 11 is 0. The largest absolute Gasteiger partial charge is 0.452 e. The molecule has 0 radical (unpaired) electrons. The van der Waals surface area contributed by atoms with E-state index in [0.717, 1.165) is 5.56 Å². The lowest BCUT2D eigenvalue weighted by molar-refractivity contribution is -0.132. The minimum Gasteiger partial charge on any atom is -0.452 e. The van der Waals surface area contributed by atoms with Crippen LogP contribution in [0.15, 0.2) is 54.6 Å². The number of hydrogen-bond donors (Lipinski definition) is 2. The number of imide groups is 1. The van der Waals surface area contributed by atoms with Gasteiger partial charge in [0.15, 0.2) is 6.61 Å². The lowest BCUT2D eigenvalue weighted by atomic mass is 10.1. The number of nitrogens with one attached hydrogen (secondary N) is 2. The monoisotopic (exact) mass is 384 g/mol. The van der Waals surface area contributed by atoms with Crippen LogP contribution in [0.3, 0.4) is 0 Å². The van der Waals surface area contributed by atoms with E-state index in [1.807, 2.05) is 6.07 Å². The summed E-state index contributed by atoms with van der Waals surface area (Å²) in [6.45, 7) is 1.28. The number of anilines is 1. The van der Waals surface area contributed by atoms with Gasteiger partial charge in [-0.3, -0.25) is 20.2 Å². The van der Waals surface area contributed by atoms with Crippen LogP contribution in [0, 0.1) is 0 Å². The number of ether oxygens (including phenoxy) is 2. The normalized spacial score (nSPS) is 9.89. The number of carbonyl (C=O) groups excluding carboxylic acids is 4. The number of hydrogen-bond acceptors (Lipinski definition) is 6. The molecular formula is C20H20N2O6. The fraction of sp³-hybridized carbons (Fsp3) is 0.200. The smallest absolute Gasteiger partial charge is 0.411 e. The Balaban J connectivity index is 1.82. The van der Waals surface area contributed by atoms with Crippen LogP contribution in [0.4, 0.5) is 10.5 Å². The first-order chi connectivity index (χ1) is 13.5. The van der Waals surface area contributed by atoms with Gasteiger partial charge in [0.2, 0.25) is 5.91 Å². The third-order valence-corrected chi connectivity index (χ3v) is 3.44. The molecule has 8 heteroatoms. The summed E-state index contributed by atoms with van der Waals surface area (Å²) < 4.78 is 9.65. The molecule has 2 aromatic rings. The SMILES string of the molecule is CCOC(=O)Nc1cccc(C(=O)OCC(=O)NC(=O)Cc2ccccc2)c1. The summed E-state index contributed by atoms with van der Waals surface area (Å²) in [6, 6.07) is 14.9. The molecule has 2 aromatic carbocycles. The van der Waals surface area contributed by atoms with Crippen LogP contribution >= 0.6 is 0 Å².